The second-order valence-electron chi connectivity index (χ2n) is 18.0. The standard InChI is InChI=1S/C52H76N10O8S/c1-39-13-7-14-40(33-39)58-46-36-47(57-38-56-46)59-41-15-8-16-42(34-41)60-51(66)21-10-26-62(2)25-6-5-22-53-49(64)19-9-20-50(65)55-24-12-28-69-30-32-70-31-29-68-27-11-23-54-48(63)18-4-3-17-45-43-35-52(67)61-44(43)37-71-45/h7-8,10,13-16,21,33-34,36,38,43-45H,3-6,9,11-12,17-20,22-32,35,37H2,1-2H3,(H,53,64)(H,54,63)(H,55,65)(H,60,66)(H,61,67)(H2,56,57,58,59)/b21-10+/t43-,44-,45-/m0/s1. The fourth-order valence-electron chi connectivity index (χ4n) is 8.12. The number of fused-ring (bicyclic) bond motifs is 1. The van der Waals surface area contributed by atoms with Crippen LogP contribution in [0.3, 0.4) is 0 Å². The molecule has 2 fully saturated rings. The molecular weight excluding hydrogens is 925 g/mol. The van der Waals surface area contributed by atoms with Gasteiger partial charge in [-0.1, -0.05) is 30.7 Å². The molecule has 2 aliphatic rings. The van der Waals surface area contributed by atoms with Crippen LogP contribution in [0.5, 0.6) is 0 Å². The zero-order valence-corrected chi connectivity index (χ0v) is 42.5. The van der Waals surface area contributed by atoms with E-state index in [-0.39, 0.29) is 29.5 Å². The molecule has 2 aromatic carbocycles. The second kappa shape index (κ2) is 33.1. The minimum absolute atomic E-state index is 0.0591. The summed E-state index contributed by atoms with van der Waals surface area (Å²) in [5, 5.41) is 21.8. The van der Waals surface area contributed by atoms with Gasteiger partial charge in [-0.25, -0.2) is 9.97 Å². The number of ether oxygens (including phenoxy) is 3. The van der Waals surface area contributed by atoms with Gasteiger partial charge in [-0.2, -0.15) is 11.8 Å². The van der Waals surface area contributed by atoms with Gasteiger partial charge in [0.2, 0.25) is 29.5 Å². The third-order valence-corrected chi connectivity index (χ3v) is 13.4. The van der Waals surface area contributed by atoms with E-state index in [4.69, 9.17) is 14.2 Å². The molecule has 1 aromatic heterocycles. The van der Waals surface area contributed by atoms with Gasteiger partial charge in [0.25, 0.3) is 0 Å². The first-order valence-electron chi connectivity index (χ1n) is 25.2. The van der Waals surface area contributed by atoms with Gasteiger partial charge in [-0.3, -0.25) is 24.0 Å². The maximum Gasteiger partial charge on any atom is 0.248 e. The number of hydrogen-bond donors (Lipinski definition) is 7. The van der Waals surface area contributed by atoms with E-state index in [1.807, 2.05) is 86.4 Å². The van der Waals surface area contributed by atoms with Gasteiger partial charge in [0.05, 0.1) is 26.4 Å². The minimum atomic E-state index is -0.226. The van der Waals surface area contributed by atoms with Crippen molar-refractivity contribution in [3.8, 4) is 0 Å². The molecule has 0 bridgehead atoms. The van der Waals surface area contributed by atoms with Crippen molar-refractivity contribution in [3.05, 3.63) is 78.6 Å². The van der Waals surface area contributed by atoms with Gasteiger partial charge in [-0.15, -0.1) is 0 Å². The summed E-state index contributed by atoms with van der Waals surface area (Å²) in [5.41, 5.74) is 3.50. The number of thioether (sulfide) groups is 1. The van der Waals surface area contributed by atoms with Crippen LogP contribution in [0, 0.1) is 12.8 Å². The highest BCUT2D eigenvalue weighted by molar-refractivity contribution is 8.00. The third-order valence-electron chi connectivity index (χ3n) is 11.9. The molecule has 0 aliphatic carbocycles. The number of benzene rings is 2. The molecule has 2 saturated heterocycles. The minimum Gasteiger partial charge on any atom is -0.379 e. The van der Waals surface area contributed by atoms with E-state index in [9.17, 15) is 24.0 Å². The number of carbonyl (C=O) groups excluding carboxylic acids is 5. The molecule has 7 N–H and O–H groups in total. The monoisotopic (exact) mass is 1000 g/mol. The molecule has 3 atom stereocenters. The number of unbranched alkanes of at least 4 members (excludes halogenated alkanes) is 2. The van der Waals surface area contributed by atoms with Crippen LogP contribution in [0.1, 0.15) is 82.6 Å². The smallest absolute Gasteiger partial charge is 0.248 e. The molecule has 0 saturated carbocycles. The summed E-state index contributed by atoms with van der Waals surface area (Å²) in [4.78, 5) is 71.6. The molecule has 5 amide bonds. The van der Waals surface area contributed by atoms with E-state index < -0.39 is 0 Å². The summed E-state index contributed by atoms with van der Waals surface area (Å²) in [6.45, 7) is 8.06. The lowest BCUT2D eigenvalue weighted by Crippen LogP contribution is -2.29. The summed E-state index contributed by atoms with van der Waals surface area (Å²) >= 11 is 1.96. The Morgan fingerprint density at radius 2 is 1.31 bits per heavy atom. The lowest BCUT2D eigenvalue weighted by molar-refractivity contribution is -0.123. The maximum atomic E-state index is 12.6. The van der Waals surface area contributed by atoms with Crippen LogP contribution in [-0.2, 0) is 38.2 Å². The topological polar surface area (TPSA) is 226 Å². The van der Waals surface area contributed by atoms with Gasteiger partial charge >= 0.3 is 0 Å². The van der Waals surface area contributed by atoms with Crippen molar-refractivity contribution in [3.63, 3.8) is 0 Å². The van der Waals surface area contributed by atoms with E-state index >= 15 is 0 Å². The van der Waals surface area contributed by atoms with Crippen molar-refractivity contribution in [2.24, 2.45) is 5.92 Å². The number of nitrogens with zero attached hydrogens (tertiary/aromatic N) is 3. The van der Waals surface area contributed by atoms with Gasteiger partial charge in [0.1, 0.15) is 18.0 Å². The van der Waals surface area contributed by atoms with Crippen LogP contribution in [0.25, 0.3) is 0 Å². The van der Waals surface area contributed by atoms with E-state index in [2.05, 4.69) is 52.1 Å². The number of rotatable bonds is 36. The summed E-state index contributed by atoms with van der Waals surface area (Å²) < 4.78 is 16.7. The Morgan fingerprint density at radius 1 is 0.718 bits per heavy atom. The van der Waals surface area contributed by atoms with Crippen LogP contribution in [0.2, 0.25) is 0 Å². The highest BCUT2D eigenvalue weighted by Crippen LogP contribution is 2.40. The van der Waals surface area contributed by atoms with E-state index in [1.54, 1.807) is 0 Å². The summed E-state index contributed by atoms with van der Waals surface area (Å²) in [6, 6.07) is 17.6. The molecule has 71 heavy (non-hydrogen) atoms. The molecule has 0 unspecified atom stereocenters. The summed E-state index contributed by atoms with van der Waals surface area (Å²) in [7, 11) is 1.99. The Kier molecular flexibility index (Phi) is 26.3. The quantitative estimate of drug-likeness (QED) is 0.0262. The number of aryl methyl sites for hydroxylation is 1. The van der Waals surface area contributed by atoms with Crippen molar-refractivity contribution in [2.75, 3.05) is 101 Å². The molecule has 19 heteroatoms. The Labute approximate surface area is 423 Å². The molecule has 5 rings (SSSR count). The number of nitrogens with one attached hydrogen (secondary N) is 7. The SMILES string of the molecule is Cc1cccc(Nc2cc(Nc3cccc(NC(=O)/C=C/CN(C)CCCCNC(=O)CCCC(=O)NCCCOCCOCCOCCCNC(=O)CCCC[C@@H]4SC[C@@H]5NC(=O)C[C@@H]54)c3)ncn2)c1. The lowest BCUT2D eigenvalue weighted by Gasteiger charge is -2.15. The Morgan fingerprint density at radius 3 is 1.97 bits per heavy atom. The first kappa shape index (κ1) is 56.3. The number of amides is 5. The summed E-state index contributed by atoms with van der Waals surface area (Å²) in [5.74, 6) is 2.65. The molecule has 18 nitrogen and oxygen atoms in total. The van der Waals surface area contributed by atoms with E-state index in [0.717, 1.165) is 67.8 Å². The molecular formula is C52H76N10O8S. The van der Waals surface area contributed by atoms with Gasteiger partial charge in [-0.05, 0) is 101 Å². The largest absolute Gasteiger partial charge is 0.379 e. The number of aromatic nitrogens is 2. The second-order valence-corrected chi connectivity index (χ2v) is 19.2. The van der Waals surface area contributed by atoms with Crippen molar-refractivity contribution in [2.45, 2.75) is 95.3 Å². The fraction of sp³-hybridized carbons (Fsp3) is 0.558. The number of anilines is 5. The van der Waals surface area contributed by atoms with Gasteiger partial charge in [0.15, 0.2) is 0 Å². The first-order valence-corrected chi connectivity index (χ1v) is 26.3. The zero-order valence-electron chi connectivity index (χ0n) is 41.6. The van der Waals surface area contributed by atoms with Crippen LogP contribution >= 0.6 is 11.8 Å². The zero-order chi connectivity index (χ0) is 50.3. The average molecular weight is 1000 g/mol. The van der Waals surface area contributed by atoms with Crippen LogP contribution in [0.4, 0.5) is 28.7 Å². The van der Waals surface area contributed by atoms with Crippen LogP contribution < -0.4 is 37.2 Å². The first-order chi connectivity index (χ1) is 34.6. The normalized spacial score (nSPS) is 16.2. The fourth-order valence-corrected chi connectivity index (χ4v) is 9.77. The third kappa shape index (κ3) is 23.9. The lowest BCUT2D eigenvalue weighted by atomic mass is 9.94. The molecule has 2 aliphatic heterocycles. The Hall–Kier alpha value is -5.60. The Balaban J connectivity index is 0.747. The van der Waals surface area contributed by atoms with Gasteiger partial charge < -0.3 is 56.3 Å². The maximum absolute atomic E-state index is 12.6. The molecule has 388 valence electrons. The number of carbonyl (C=O) groups is 5. The molecule has 0 spiro atoms. The van der Waals surface area contributed by atoms with Crippen LogP contribution in [-0.4, -0.2) is 141 Å². The number of likely N-dealkylation sites (N-methyl/N-ethyl adjacent to an activating group) is 1. The number of hydrogen-bond acceptors (Lipinski definition) is 14. The van der Waals surface area contributed by atoms with Crippen molar-refractivity contribution < 1.29 is 38.2 Å². The highest BCUT2D eigenvalue weighted by Gasteiger charge is 2.42. The van der Waals surface area contributed by atoms with Crippen molar-refractivity contribution >= 4 is 70.0 Å². The molecule has 0 radical (unpaired) electrons. The van der Waals surface area contributed by atoms with Gasteiger partial charge in [0, 0.05) is 117 Å². The predicted octanol–water partition coefficient (Wildman–Crippen LogP) is 6.01. The van der Waals surface area contributed by atoms with E-state index in [0.29, 0.717) is 139 Å². The molecule has 3 heterocycles. The average Bonchev–Trinajstić information content (AvgIpc) is 3.90. The van der Waals surface area contributed by atoms with Crippen molar-refractivity contribution in [1.82, 2.24) is 36.1 Å². The molecule has 3 aromatic rings. The summed E-state index contributed by atoms with van der Waals surface area (Å²) in [6.07, 6.45) is 13.2. The van der Waals surface area contributed by atoms with Crippen molar-refractivity contribution in [1.29, 1.82) is 0 Å². The van der Waals surface area contributed by atoms with Crippen LogP contribution in [0.15, 0.2) is 73.1 Å². The van der Waals surface area contributed by atoms with E-state index in [1.165, 1.54) is 12.4 Å². The Bertz CT molecular complexity index is 2130. The predicted molar refractivity (Wildman–Crippen MR) is 280 cm³/mol. The highest BCUT2D eigenvalue weighted by atomic mass is 32.2.